The summed E-state index contributed by atoms with van der Waals surface area (Å²) in [5.74, 6) is 0.622. The molecule has 0 atom stereocenters. The van der Waals surface area contributed by atoms with Crippen LogP contribution in [0.2, 0.25) is 0 Å². The fourth-order valence-electron chi connectivity index (χ4n) is 4.35. The van der Waals surface area contributed by atoms with E-state index in [0.717, 1.165) is 22.6 Å². The molecule has 0 bridgehead atoms. The summed E-state index contributed by atoms with van der Waals surface area (Å²) in [6.07, 6.45) is 1.80. The highest BCUT2D eigenvalue weighted by Crippen LogP contribution is 2.39. The van der Waals surface area contributed by atoms with E-state index in [0.29, 0.717) is 44.0 Å². The molecule has 1 heterocycles. The molecule has 0 unspecified atom stereocenters. The SMILES string of the molecule is CCOc1cc(/C=C2\SC(=Nc3ccccc3)N(Cc3ccc(OC)cc3)C2=O)cc(I)c1OCC(=O)Nc1ccc(F)cc1. The number of rotatable bonds is 11. The second-order valence-electron chi connectivity index (χ2n) is 9.69. The van der Waals surface area contributed by atoms with Gasteiger partial charge in [-0.05, 0) is 119 Å². The van der Waals surface area contributed by atoms with E-state index >= 15 is 0 Å². The maximum Gasteiger partial charge on any atom is 0.267 e. The number of hydrogen-bond acceptors (Lipinski definition) is 7. The van der Waals surface area contributed by atoms with Gasteiger partial charge in [-0.25, -0.2) is 9.38 Å². The van der Waals surface area contributed by atoms with Gasteiger partial charge in [0.25, 0.3) is 11.8 Å². The number of hydrogen-bond donors (Lipinski definition) is 1. The van der Waals surface area contributed by atoms with Gasteiger partial charge < -0.3 is 19.5 Å². The quantitative estimate of drug-likeness (QED) is 0.126. The number of para-hydroxylation sites is 1. The zero-order valence-electron chi connectivity index (χ0n) is 24.5. The number of carbonyl (C=O) groups is 2. The maximum absolute atomic E-state index is 13.8. The summed E-state index contributed by atoms with van der Waals surface area (Å²) < 4.78 is 30.9. The summed E-state index contributed by atoms with van der Waals surface area (Å²) in [6, 6.07) is 26.2. The number of amidine groups is 1. The third-order valence-electron chi connectivity index (χ3n) is 6.47. The molecule has 11 heteroatoms. The van der Waals surface area contributed by atoms with Crippen LogP contribution in [-0.2, 0) is 16.1 Å². The fourth-order valence-corrected chi connectivity index (χ4v) is 6.13. The second-order valence-corrected chi connectivity index (χ2v) is 11.9. The Hall–Kier alpha value is -4.36. The molecule has 1 aliphatic heterocycles. The first-order valence-electron chi connectivity index (χ1n) is 14.0. The molecule has 4 aromatic carbocycles. The van der Waals surface area contributed by atoms with Crippen LogP contribution in [-0.4, -0.2) is 42.2 Å². The van der Waals surface area contributed by atoms with Gasteiger partial charge >= 0.3 is 0 Å². The van der Waals surface area contributed by atoms with Gasteiger partial charge in [0.1, 0.15) is 11.6 Å². The van der Waals surface area contributed by atoms with Crippen LogP contribution in [0.5, 0.6) is 17.2 Å². The normalized spacial score (nSPS) is 14.6. The molecule has 1 saturated heterocycles. The van der Waals surface area contributed by atoms with Crippen LogP contribution in [0.4, 0.5) is 15.8 Å². The van der Waals surface area contributed by atoms with Gasteiger partial charge in [-0.15, -0.1) is 0 Å². The van der Waals surface area contributed by atoms with Crippen LogP contribution < -0.4 is 19.5 Å². The highest BCUT2D eigenvalue weighted by molar-refractivity contribution is 14.1. The Morgan fingerprint density at radius 2 is 1.76 bits per heavy atom. The summed E-state index contributed by atoms with van der Waals surface area (Å²) in [6.45, 7) is 2.28. The van der Waals surface area contributed by atoms with Crippen molar-refractivity contribution in [2.75, 3.05) is 25.6 Å². The Kier molecular flexibility index (Phi) is 10.7. The molecule has 45 heavy (non-hydrogen) atoms. The Morgan fingerprint density at radius 1 is 1.02 bits per heavy atom. The molecular formula is C34H29FIN3O5S. The average Bonchev–Trinajstić information content (AvgIpc) is 3.31. The van der Waals surface area contributed by atoms with E-state index in [-0.39, 0.29) is 12.5 Å². The predicted molar refractivity (Wildman–Crippen MR) is 184 cm³/mol. The molecule has 0 spiro atoms. The lowest BCUT2D eigenvalue weighted by Crippen LogP contribution is -2.28. The lowest BCUT2D eigenvalue weighted by Gasteiger charge is -2.16. The topological polar surface area (TPSA) is 89.5 Å². The Morgan fingerprint density at radius 3 is 2.44 bits per heavy atom. The largest absolute Gasteiger partial charge is 0.497 e. The number of nitrogens with one attached hydrogen (secondary N) is 1. The predicted octanol–water partition coefficient (Wildman–Crippen LogP) is 7.66. The third kappa shape index (κ3) is 8.43. The molecule has 0 aliphatic carbocycles. The number of halogens is 2. The van der Waals surface area contributed by atoms with Crippen LogP contribution in [0.3, 0.4) is 0 Å². The number of carbonyl (C=O) groups excluding carboxylic acids is 2. The highest BCUT2D eigenvalue weighted by Gasteiger charge is 2.33. The number of ether oxygens (including phenoxy) is 3. The van der Waals surface area contributed by atoms with Crippen LogP contribution in [0, 0.1) is 9.39 Å². The number of benzene rings is 4. The molecule has 0 aromatic heterocycles. The van der Waals surface area contributed by atoms with Crippen LogP contribution in [0.15, 0.2) is 101 Å². The number of anilines is 1. The van der Waals surface area contributed by atoms with E-state index in [1.807, 2.05) is 67.6 Å². The maximum atomic E-state index is 13.8. The van der Waals surface area contributed by atoms with Gasteiger partial charge in [0.15, 0.2) is 23.3 Å². The van der Waals surface area contributed by atoms with Crippen molar-refractivity contribution in [2.24, 2.45) is 4.99 Å². The van der Waals surface area contributed by atoms with Gasteiger partial charge in [-0.2, -0.15) is 0 Å². The van der Waals surface area contributed by atoms with Gasteiger partial charge in [0.05, 0.1) is 34.4 Å². The van der Waals surface area contributed by atoms with Crippen molar-refractivity contribution < 1.29 is 28.2 Å². The molecule has 5 rings (SSSR count). The molecule has 0 radical (unpaired) electrons. The van der Waals surface area contributed by atoms with Gasteiger partial charge in [-0.3, -0.25) is 14.5 Å². The standard InChI is InChI=1S/C34H29FIN3O5S/c1-3-43-29-18-23(17-28(36)32(29)44-21-31(40)37-26-13-11-24(35)12-14-26)19-30-33(41)39(20-22-9-15-27(42-2)16-10-22)34(45-30)38-25-7-5-4-6-8-25/h4-19H,3,20-21H2,1-2H3,(H,37,40)/b30-19-,38-34?. The molecule has 8 nitrogen and oxygen atoms in total. The van der Waals surface area contributed by atoms with E-state index in [1.54, 1.807) is 24.2 Å². The van der Waals surface area contributed by atoms with Gasteiger partial charge in [0.2, 0.25) is 0 Å². The second kappa shape index (κ2) is 15.1. The monoisotopic (exact) mass is 737 g/mol. The summed E-state index contributed by atoms with van der Waals surface area (Å²) in [7, 11) is 1.61. The number of methoxy groups -OCH3 is 1. The van der Waals surface area contributed by atoms with Crippen molar-refractivity contribution in [2.45, 2.75) is 13.5 Å². The van der Waals surface area contributed by atoms with E-state index in [4.69, 9.17) is 19.2 Å². The first-order chi connectivity index (χ1) is 21.8. The number of aliphatic imine (C=N–C) groups is 1. The molecule has 1 aliphatic rings. The molecule has 1 N–H and O–H groups in total. The minimum atomic E-state index is -0.402. The van der Waals surface area contributed by atoms with Crippen molar-refractivity contribution in [1.29, 1.82) is 0 Å². The minimum absolute atomic E-state index is 0.170. The Labute approximate surface area is 278 Å². The summed E-state index contributed by atoms with van der Waals surface area (Å²) in [5, 5.41) is 3.25. The molecule has 1 fully saturated rings. The summed E-state index contributed by atoms with van der Waals surface area (Å²) >= 11 is 3.42. The van der Waals surface area contributed by atoms with Crippen molar-refractivity contribution in [3.8, 4) is 17.2 Å². The van der Waals surface area contributed by atoms with Gasteiger partial charge in [0, 0.05) is 5.69 Å². The molecular weight excluding hydrogens is 708 g/mol. The number of nitrogens with zero attached hydrogens (tertiary/aromatic N) is 2. The first-order valence-corrected chi connectivity index (χ1v) is 15.8. The lowest BCUT2D eigenvalue weighted by molar-refractivity contribution is -0.122. The summed E-state index contributed by atoms with van der Waals surface area (Å²) in [4.78, 5) is 33.2. The highest BCUT2D eigenvalue weighted by atomic mass is 127. The van der Waals surface area contributed by atoms with Crippen molar-refractivity contribution in [3.05, 3.63) is 116 Å². The van der Waals surface area contributed by atoms with Crippen molar-refractivity contribution in [1.82, 2.24) is 4.90 Å². The van der Waals surface area contributed by atoms with Crippen molar-refractivity contribution >= 4 is 68.8 Å². The van der Waals surface area contributed by atoms with Crippen LogP contribution in [0.25, 0.3) is 6.08 Å². The smallest absolute Gasteiger partial charge is 0.267 e. The van der Waals surface area contributed by atoms with E-state index < -0.39 is 11.7 Å². The number of amides is 2. The zero-order valence-corrected chi connectivity index (χ0v) is 27.4. The van der Waals surface area contributed by atoms with E-state index in [1.165, 1.54) is 36.0 Å². The van der Waals surface area contributed by atoms with Crippen LogP contribution >= 0.6 is 34.4 Å². The zero-order chi connectivity index (χ0) is 31.8. The summed E-state index contributed by atoms with van der Waals surface area (Å²) in [5.41, 5.74) is 2.87. The van der Waals surface area contributed by atoms with Gasteiger partial charge in [-0.1, -0.05) is 30.3 Å². The molecule has 230 valence electrons. The molecule has 2 amide bonds. The van der Waals surface area contributed by atoms with E-state index in [9.17, 15) is 14.0 Å². The number of thioether (sulfide) groups is 1. The van der Waals surface area contributed by atoms with Crippen molar-refractivity contribution in [3.63, 3.8) is 0 Å². The minimum Gasteiger partial charge on any atom is -0.497 e. The third-order valence-corrected chi connectivity index (χ3v) is 8.28. The lowest BCUT2D eigenvalue weighted by atomic mass is 10.1. The fraction of sp³-hybridized carbons (Fsp3) is 0.147. The first kappa shape index (κ1) is 32.0. The molecule has 4 aromatic rings. The average molecular weight is 738 g/mol. The molecule has 0 saturated carbocycles. The Balaban J connectivity index is 1.38. The van der Waals surface area contributed by atoms with E-state index in [2.05, 4.69) is 27.9 Å². The Bertz CT molecular complexity index is 1730. The van der Waals surface area contributed by atoms with Crippen LogP contribution in [0.1, 0.15) is 18.1 Å².